The van der Waals surface area contributed by atoms with Crippen LogP contribution in [0.2, 0.25) is 0 Å². The number of aliphatic carboxylic acids is 1. The Bertz CT molecular complexity index is 507. The van der Waals surface area contributed by atoms with Gasteiger partial charge in [-0.2, -0.15) is 5.10 Å². The van der Waals surface area contributed by atoms with Crippen LogP contribution in [0.1, 0.15) is 57.2 Å². The van der Waals surface area contributed by atoms with E-state index in [2.05, 4.69) is 21.8 Å². The molecule has 0 radical (unpaired) electrons. The quantitative estimate of drug-likeness (QED) is 0.906. The van der Waals surface area contributed by atoms with Gasteiger partial charge >= 0.3 is 5.97 Å². The lowest BCUT2D eigenvalue weighted by atomic mass is 9.84. The maximum Gasteiger partial charge on any atom is 0.310 e. The van der Waals surface area contributed by atoms with Gasteiger partial charge in [-0.15, -0.1) is 0 Å². The van der Waals surface area contributed by atoms with Crippen LogP contribution in [0.5, 0.6) is 0 Å². The van der Waals surface area contributed by atoms with Crippen molar-refractivity contribution >= 4 is 5.97 Å². The van der Waals surface area contributed by atoms with Gasteiger partial charge in [0.1, 0.15) is 0 Å². The van der Waals surface area contributed by atoms with Crippen LogP contribution >= 0.6 is 0 Å². The summed E-state index contributed by atoms with van der Waals surface area (Å²) in [6.07, 6.45) is 8.64. The lowest BCUT2D eigenvalue weighted by molar-refractivity contribution is -0.148. The summed E-state index contributed by atoms with van der Waals surface area (Å²) in [5.41, 5.74) is 0.521. The van der Waals surface area contributed by atoms with Crippen LogP contribution in [-0.4, -0.2) is 38.8 Å². The largest absolute Gasteiger partial charge is 0.481 e. The first-order chi connectivity index (χ1) is 10.1. The highest BCUT2D eigenvalue weighted by atomic mass is 16.4. The van der Waals surface area contributed by atoms with Gasteiger partial charge in [0.25, 0.3) is 0 Å². The van der Waals surface area contributed by atoms with Gasteiger partial charge < -0.3 is 5.11 Å². The number of hydrogen-bond donors (Lipinski definition) is 1. The molecule has 0 amide bonds. The molecule has 1 saturated heterocycles. The zero-order chi connectivity index (χ0) is 14.9. The third-order valence-corrected chi connectivity index (χ3v) is 5.31. The number of rotatable bonds is 5. The smallest absolute Gasteiger partial charge is 0.310 e. The normalized spacial score (nSPS) is 27.5. The van der Waals surface area contributed by atoms with Crippen LogP contribution in [0.4, 0.5) is 0 Å². The molecule has 1 aromatic rings. The Morgan fingerprint density at radius 3 is 2.86 bits per heavy atom. The average Bonchev–Trinajstić information content (AvgIpc) is 3.19. The monoisotopic (exact) mass is 291 g/mol. The third-order valence-electron chi connectivity index (χ3n) is 5.31. The molecule has 1 aliphatic heterocycles. The van der Waals surface area contributed by atoms with Crippen molar-refractivity contribution in [2.45, 2.75) is 58.0 Å². The molecule has 2 fully saturated rings. The molecule has 2 heterocycles. The van der Waals surface area contributed by atoms with Gasteiger partial charge in [-0.1, -0.05) is 19.8 Å². The molecule has 1 unspecified atom stereocenters. The molecule has 1 aliphatic carbocycles. The fraction of sp³-hybridized carbons (Fsp3) is 0.750. The summed E-state index contributed by atoms with van der Waals surface area (Å²) in [6, 6.07) is 2.66. The fourth-order valence-corrected chi connectivity index (χ4v) is 3.77. The van der Waals surface area contributed by atoms with Crippen LogP contribution in [0.3, 0.4) is 0 Å². The second-order valence-corrected chi connectivity index (χ2v) is 6.63. The Morgan fingerprint density at radius 1 is 1.48 bits per heavy atom. The number of carboxylic acids is 1. The molecule has 0 spiro atoms. The average molecular weight is 291 g/mol. The lowest BCUT2D eigenvalue weighted by Gasteiger charge is -2.22. The molecule has 21 heavy (non-hydrogen) atoms. The van der Waals surface area contributed by atoms with Crippen molar-refractivity contribution in [3.05, 3.63) is 18.0 Å². The number of aromatic nitrogens is 2. The van der Waals surface area contributed by atoms with Crippen molar-refractivity contribution in [1.29, 1.82) is 0 Å². The molecule has 0 aromatic carbocycles. The van der Waals surface area contributed by atoms with E-state index in [9.17, 15) is 9.90 Å². The van der Waals surface area contributed by atoms with Gasteiger partial charge in [0.05, 0.1) is 17.2 Å². The molecule has 0 bridgehead atoms. The molecule has 1 aromatic heterocycles. The van der Waals surface area contributed by atoms with E-state index in [0.717, 1.165) is 25.2 Å². The van der Waals surface area contributed by atoms with Gasteiger partial charge in [0.15, 0.2) is 0 Å². The molecule has 116 valence electrons. The topological polar surface area (TPSA) is 58.4 Å². The Morgan fingerprint density at radius 2 is 2.24 bits per heavy atom. The summed E-state index contributed by atoms with van der Waals surface area (Å²) in [5, 5.41) is 14.2. The van der Waals surface area contributed by atoms with Crippen LogP contribution in [0.15, 0.2) is 12.3 Å². The van der Waals surface area contributed by atoms with Crippen molar-refractivity contribution in [2.24, 2.45) is 5.41 Å². The van der Waals surface area contributed by atoms with Gasteiger partial charge in [0, 0.05) is 19.3 Å². The van der Waals surface area contributed by atoms with Crippen molar-refractivity contribution in [1.82, 2.24) is 14.7 Å². The van der Waals surface area contributed by atoms with E-state index in [1.807, 2.05) is 6.92 Å². The first kappa shape index (κ1) is 14.6. The Hall–Kier alpha value is -1.36. The highest BCUT2D eigenvalue weighted by Gasteiger charge is 2.43. The highest BCUT2D eigenvalue weighted by Crippen LogP contribution is 2.35. The maximum atomic E-state index is 11.5. The minimum Gasteiger partial charge on any atom is -0.481 e. The van der Waals surface area contributed by atoms with Crippen molar-refractivity contribution in [2.75, 3.05) is 13.1 Å². The van der Waals surface area contributed by atoms with E-state index < -0.39 is 11.4 Å². The molecular formula is C16H25N3O2. The number of carbonyl (C=O) groups is 1. The first-order valence-electron chi connectivity index (χ1n) is 8.13. The molecule has 5 nitrogen and oxygen atoms in total. The van der Waals surface area contributed by atoms with Crippen LogP contribution in [0.25, 0.3) is 0 Å². The Labute approximate surface area is 125 Å². The minimum absolute atomic E-state index is 0.548. The summed E-state index contributed by atoms with van der Waals surface area (Å²) >= 11 is 0. The van der Waals surface area contributed by atoms with Crippen molar-refractivity contribution < 1.29 is 9.90 Å². The SMILES string of the molecule is CCC1(C(=O)O)CCN(Cc2ccn(C3CCCC3)n2)C1. The fourth-order valence-electron chi connectivity index (χ4n) is 3.77. The molecule has 3 rings (SSSR count). The second-order valence-electron chi connectivity index (χ2n) is 6.63. The summed E-state index contributed by atoms with van der Waals surface area (Å²) in [6.45, 7) is 4.26. The molecule has 5 heteroatoms. The second kappa shape index (κ2) is 5.79. The van der Waals surface area contributed by atoms with E-state index >= 15 is 0 Å². The van der Waals surface area contributed by atoms with Gasteiger partial charge in [-0.3, -0.25) is 14.4 Å². The van der Waals surface area contributed by atoms with Crippen LogP contribution in [-0.2, 0) is 11.3 Å². The number of hydrogen-bond acceptors (Lipinski definition) is 3. The first-order valence-corrected chi connectivity index (χ1v) is 8.13. The zero-order valence-electron chi connectivity index (χ0n) is 12.8. The molecule has 2 aliphatic rings. The van der Waals surface area contributed by atoms with Crippen LogP contribution < -0.4 is 0 Å². The van der Waals surface area contributed by atoms with Crippen molar-refractivity contribution in [3.63, 3.8) is 0 Å². The van der Waals surface area contributed by atoms with E-state index in [1.165, 1.54) is 25.7 Å². The number of carboxylic acid groups (broad SMARTS) is 1. The van der Waals surface area contributed by atoms with E-state index in [1.54, 1.807) is 0 Å². The third kappa shape index (κ3) is 2.84. The standard InChI is InChI=1S/C16H25N3O2/c1-2-16(15(20)21)8-10-18(12-16)11-13-7-9-19(17-13)14-5-3-4-6-14/h7,9,14H,2-6,8,10-12H2,1H3,(H,20,21). The van der Waals surface area contributed by atoms with Gasteiger partial charge in [-0.05, 0) is 38.3 Å². The predicted molar refractivity (Wildman–Crippen MR) is 80.0 cm³/mol. The molecule has 1 N–H and O–H groups in total. The predicted octanol–water partition coefficient (Wildman–Crippen LogP) is 2.68. The summed E-state index contributed by atoms with van der Waals surface area (Å²) < 4.78 is 2.11. The van der Waals surface area contributed by atoms with Gasteiger partial charge in [-0.25, -0.2) is 0 Å². The molecule has 1 saturated carbocycles. The summed E-state index contributed by atoms with van der Waals surface area (Å²) in [7, 11) is 0. The van der Waals surface area contributed by atoms with E-state index in [0.29, 0.717) is 19.0 Å². The summed E-state index contributed by atoms with van der Waals surface area (Å²) in [5.74, 6) is -0.649. The van der Waals surface area contributed by atoms with Crippen LogP contribution in [0, 0.1) is 5.41 Å². The zero-order valence-corrected chi connectivity index (χ0v) is 12.8. The Kier molecular flexibility index (Phi) is 4.02. The van der Waals surface area contributed by atoms with Gasteiger partial charge in [0.2, 0.25) is 0 Å². The van der Waals surface area contributed by atoms with E-state index in [4.69, 9.17) is 5.10 Å². The molecule has 1 atom stereocenters. The maximum absolute atomic E-state index is 11.5. The minimum atomic E-state index is -0.649. The summed E-state index contributed by atoms with van der Waals surface area (Å²) in [4.78, 5) is 13.7. The van der Waals surface area contributed by atoms with E-state index in [-0.39, 0.29) is 0 Å². The number of likely N-dealkylation sites (tertiary alicyclic amines) is 1. The Balaban J connectivity index is 1.61. The number of nitrogens with zero attached hydrogens (tertiary/aromatic N) is 3. The van der Waals surface area contributed by atoms with Crippen molar-refractivity contribution in [3.8, 4) is 0 Å². The molecular weight excluding hydrogens is 266 g/mol. The highest BCUT2D eigenvalue weighted by molar-refractivity contribution is 5.75. The lowest BCUT2D eigenvalue weighted by Crippen LogP contribution is -2.34.